The van der Waals surface area contributed by atoms with Crippen molar-refractivity contribution in [1.29, 1.82) is 0 Å². The van der Waals surface area contributed by atoms with Gasteiger partial charge >= 0.3 is 0 Å². The highest BCUT2D eigenvalue weighted by atomic mass is 35.5. The van der Waals surface area contributed by atoms with Gasteiger partial charge in [0.2, 0.25) is 17.2 Å². The third kappa shape index (κ3) is 6.05. The van der Waals surface area contributed by atoms with E-state index in [-0.39, 0.29) is 11.6 Å². The molecule has 19 heteroatoms. The molecule has 0 spiro atoms. The van der Waals surface area contributed by atoms with E-state index in [1.54, 1.807) is 0 Å². The molecule has 1 aromatic heterocycles. The lowest BCUT2D eigenvalue weighted by molar-refractivity contribution is 0.479. The van der Waals surface area contributed by atoms with Crippen molar-refractivity contribution in [2.45, 2.75) is 14.7 Å². The Bertz CT molecular complexity index is 1610. The van der Waals surface area contributed by atoms with E-state index in [0.717, 1.165) is 12.1 Å². The summed E-state index contributed by atoms with van der Waals surface area (Å²) in [5.41, 5.74) is 4.31. The summed E-state index contributed by atoms with van der Waals surface area (Å²) in [7, 11) is -14.3. The third-order valence-corrected chi connectivity index (χ3v) is 6.73. The third-order valence-electron chi connectivity index (χ3n) is 3.91. The second-order valence-electron chi connectivity index (χ2n) is 6.34. The number of rotatable bonds is 7. The highest BCUT2D eigenvalue weighted by Crippen LogP contribution is 2.32. The summed E-state index contributed by atoms with van der Waals surface area (Å²) in [5.74, 6) is -0.738. The number of benzene rings is 2. The molecule has 1 heterocycles. The van der Waals surface area contributed by atoms with Crippen LogP contribution in [0.1, 0.15) is 0 Å². The first-order valence-electron chi connectivity index (χ1n) is 8.46. The average Bonchev–Trinajstić information content (AvgIpc) is 2.66. The summed E-state index contributed by atoms with van der Waals surface area (Å²) >= 11 is 5.84. The van der Waals surface area contributed by atoms with Crippen LogP contribution in [0.15, 0.2) is 51.1 Å². The summed E-state index contributed by atoms with van der Waals surface area (Å²) in [6.07, 6.45) is 0. The largest absolute Gasteiger partial charge is 0.398 e. The molecule has 0 amide bonds. The first-order valence-corrected chi connectivity index (χ1v) is 13.2. The molecule has 2 aromatic carbocycles. The molecule has 0 bridgehead atoms. The van der Waals surface area contributed by atoms with Gasteiger partial charge in [-0.3, -0.25) is 13.7 Å². The number of anilines is 5. The van der Waals surface area contributed by atoms with E-state index >= 15 is 0 Å². The van der Waals surface area contributed by atoms with Gasteiger partial charge in [0.25, 0.3) is 30.4 Å². The molecule has 0 fully saturated rings. The Morgan fingerprint density at radius 1 is 0.765 bits per heavy atom. The maximum atomic E-state index is 11.7. The van der Waals surface area contributed by atoms with Gasteiger partial charge in [-0.1, -0.05) is 6.07 Å². The van der Waals surface area contributed by atoms with Crippen molar-refractivity contribution in [2.24, 2.45) is 0 Å². The van der Waals surface area contributed by atoms with Gasteiger partial charge in [-0.2, -0.15) is 40.2 Å². The standard InChI is InChI=1S/C15H13ClN6O9S3/c16-13-20-14(18-7-2-1-3-8(4-7)32(23,24)25)22-15(21-13)19-10-6-11(33(26,27)28)9(17)5-12(10)34(29,30)31/h1-6H,17H2,(H,23,24,25)(H,26,27,28)(H,29,30,31)(H2,18,19,20,21,22). The van der Waals surface area contributed by atoms with Gasteiger partial charge in [-0.25, -0.2) is 0 Å². The monoisotopic (exact) mass is 552 g/mol. The fraction of sp³-hybridized carbons (Fsp3) is 0. The predicted molar refractivity (Wildman–Crippen MR) is 118 cm³/mol. The molecule has 3 rings (SSSR count). The van der Waals surface area contributed by atoms with Gasteiger partial charge in [0, 0.05) is 5.69 Å². The van der Waals surface area contributed by atoms with Crippen LogP contribution in [0.5, 0.6) is 0 Å². The molecule has 182 valence electrons. The van der Waals surface area contributed by atoms with E-state index in [4.69, 9.17) is 21.9 Å². The van der Waals surface area contributed by atoms with Gasteiger partial charge < -0.3 is 16.4 Å². The molecule has 15 nitrogen and oxygen atoms in total. The zero-order valence-electron chi connectivity index (χ0n) is 16.3. The summed E-state index contributed by atoms with van der Waals surface area (Å²) in [5, 5.41) is 4.48. The maximum absolute atomic E-state index is 11.7. The van der Waals surface area contributed by atoms with Crippen LogP contribution >= 0.6 is 11.6 Å². The van der Waals surface area contributed by atoms with Crippen molar-refractivity contribution >= 4 is 70.9 Å². The van der Waals surface area contributed by atoms with Gasteiger partial charge in [0.05, 0.1) is 16.3 Å². The number of nitrogen functional groups attached to an aromatic ring is 1. The van der Waals surface area contributed by atoms with Gasteiger partial charge in [0.1, 0.15) is 9.79 Å². The lowest BCUT2D eigenvalue weighted by Crippen LogP contribution is -2.11. The van der Waals surface area contributed by atoms with Crippen molar-refractivity contribution in [3.8, 4) is 0 Å². The minimum atomic E-state index is -4.95. The molecular formula is C15H13ClN6O9S3. The average molecular weight is 553 g/mol. The Morgan fingerprint density at radius 2 is 1.35 bits per heavy atom. The number of nitrogens with one attached hydrogen (secondary N) is 2. The van der Waals surface area contributed by atoms with E-state index in [9.17, 15) is 34.4 Å². The smallest absolute Gasteiger partial charge is 0.296 e. The Balaban J connectivity index is 2.05. The summed E-state index contributed by atoms with van der Waals surface area (Å²) in [6, 6.07) is 6.08. The molecule has 0 saturated carbocycles. The van der Waals surface area contributed by atoms with Crippen molar-refractivity contribution in [3.05, 3.63) is 41.7 Å². The number of halogens is 1. The molecule has 0 aliphatic heterocycles. The van der Waals surface area contributed by atoms with Crippen LogP contribution in [-0.2, 0) is 30.4 Å². The van der Waals surface area contributed by atoms with Crippen LogP contribution in [0.2, 0.25) is 5.28 Å². The Kier molecular flexibility index (Phi) is 6.68. The minimum absolute atomic E-state index is 0.100. The second-order valence-corrected chi connectivity index (χ2v) is 10.9. The molecular weight excluding hydrogens is 540 g/mol. The zero-order valence-corrected chi connectivity index (χ0v) is 19.5. The van der Waals surface area contributed by atoms with E-state index in [2.05, 4.69) is 25.6 Å². The van der Waals surface area contributed by atoms with Crippen molar-refractivity contribution in [2.75, 3.05) is 16.4 Å². The highest BCUT2D eigenvalue weighted by molar-refractivity contribution is 7.86. The van der Waals surface area contributed by atoms with E-state index < -0.39 is 67.6 Å². The normalized spacial score (nSPS) is 12.4. The van der Waals surface area contributed by atoms with Crippen molar-refractivity contribution in [3.63, 3.8) is 0 Å². The van der Waals surface area contributed by atoms with Crippen LogP contribution in [0.25, 0.3) is 0 Å². The number of nitrogens with two attached hydrogens (primary N) is 1. The Hall–Kier alpha value is -3.13. The number of nitrogens with zero attached hydrogens (tertiary/aromatic N) is 3. The summed E-state index contributed by atoms with van der Waals surface area (Å²) < 4.78 is 97.1. The van der Waals surface area contributed by atoms with Gasteiger partial charge in [0.15, 0.2) is 0 Å². The molecule has 0 atom stereocenters. The first-order chi connectivity index (χ1) is 15.5. The second kappa shape index (κ2) is 8.91. The van der Waals surface area contributed by atoms with Crippen LogP contribution in [0.3, 0.4) is 0 Å². The number of hydrogen-bond donors (Lipinski definition) is 6. The van der Waals surface area contributed by atoms with E-state index in [1.807, 2.05) is 0 Å². The highest BCUT2D eigenvalue weighted by Gasteiger charge is 2.24. The fourth-order valence-electron chi connectivity index (χ4n) is 2.56. The fourth-order valence-corrected chi connectivity index (χ4v) is 4.53. The molecule has 0 aliphatic carbocycles. The van der Waals surface area contributed by atoms with Crippen LogP contribution in [-0.4, -0.2) is 53.9 Å². The zero-order chi connectivity index (χ0) is 25.5. The maximum Gasteiger partial charge on any atom is 0.296 e. The SMILES string of the molecule is Nc1cc(S(=O)(=O)O)c(Nc2nc(Cl)nc(Nc3cccc(S(=O)(=O)O)c3)n2)cc1S(=O)(=O)O. The van der Waals surface area contributed by atoms with E-state index in [1.165, 1.54) is 12.1 Å². The molecule has 0 radical (unpaired) electrons. The quantitative estimate of drug-likeness (QED) is 0.178. The molecule has 34 heavy (non-hydrogen) atoms. The molecule has 0 saturated heterocycles. The van der Waals surface area contributed by atoms with Crippen LogP contribution < -0.4 is 16.4 Å². The summed E-state index contributed by atoms with van der Waals surface area (Å²) in [4.78, 5) is 9.18. The molecule has 3 aromatic rings. The van der Waals surface area contributed by atoms with Crippen LogP contribution in [0, 0.1) is 0 Å². The first kappa shape index (κ1) is 25.5. The topological polar surface area (TPSA) is 252 Å². The lowest BCUT2D eigenvalue weighted by Gasteiger charge is -2.13. The minimum Gasteiger partial charge on any atom is -0.398 e. The number of aromatic nitrogens is 3. The summed E-state index contributed by atoms with van der Waals surface area (Å²) in [6.45, 7) is 0. The van der Waals surface area contributed by atoms with Crippen molar-refractivity contribution < 1.29 is 38.9 Å². The van der Waals surface area contributed by atoms with Gasteiger partial charge in [-0.15, -0.1) is 0 Å². The Morgan fingerprint density at radius 3 is 1.91 bits per heavy atom. The van der Waals surface area contributed by atoms with E-state index in [0.29, 0.717) is 12.1 Å². The van der Waals surface area contributed by atoms with Gasteiger partial charge in [-0.05, 0) is 41.9 Å². The molecule has 0 aliphatic rings. The molecule has 0 unspecified atom stereocenters. The molecule has 7 N–H and O–H groups in total. The van der Waals surface area contributed by atoms with Crippen LogP contribution in [0.4, 0.5) is 29.0 Å². The Labute approximate surface area is 197 Å². The number of hydrogen-bond acceptors (Lipinski definition) is 12. The lowest BCUT2D eigenvalue weighted by atomic mass is 10.3. The predicted octanol–water partition coefficient (Wildman–Crippen LogP) is 1.33. The van der Waals surface area contributed by atoms with Crippen molar-refractivity contribution in [1.82, 2.24) is 15.0 Å².